The zero-order chi connectivity index (χ0) is 14.8. The highest BCUT2D eigenvalue weighted by molar-refractivity contribution is 5.80. The molecule has 0 spiro atoms. The van der Waals surface area contributed by atoms with Crippen molar-refractivity contribution >= 4 is 22.7 Å². The number of fused-ring (bicyclic) bond motifs is 1. The van der Waals surface area contributed by atoms with E-state index in [2.05, 4.69) is 29.8 Å². The van der Waals surface area contributed by atoms with E-state index < -0.39 is 0 Å². The van der Waals surface area contributed by atoms with Gasteiger partial charge in [0, 0.05) is 17.8 Å². The second kappa shape index (κ2) is 5.48. The monoisotopic (exact) mass is 281 g/mol. The molecule has 0 amide bonds. The summed E-state index contributed by atoms with van der Waals surface area (Å²) in [4.78, 5) is 4.70. The maximum Gasteiger partial charge on any atom is 0.208 e. The Morgan fingerprint density at radius 3 is 2.67 bits per heavy atom. The minimum absolute atomic E-state index is 0.325. The number of benzene rings is 2. The Hall–Kier alpha value is -2.49. The molecule has 0 saturated heterocycles. The molecule has 0 aliphatic carbocycles. The maximum atomic E-state index is 5.26. The van der Waals surface area contributed by atoms with Gasteiger partial charge in [-0.3, -0.25) is 0 Å². The van der Waals surface area contributed by atoms with Crippen molar-refractivity contribution in [3.8, 4) is 5.75 Å². The summed E-state index contributed by atoms with van der Waals surface area (Å²) in [6.07, 6.45) is 0. The molecule has 1 N–H and O–H groups in total. The van der Waals surface area contributed by atoms with Crippen LogP contribution in [0.4, 0.5) is 11.6 Å². The minimum atomic E-state index is 0.325. The van der Waals surface area contributed by atoms with Gasteiger partial charge >= 0.3 is 0 Å². The van der Waals surface area contributed by atoms with Crippen LogP contribution in [-0.4, -0.2) is 16.7 Å². The number of hydrogen-bond acceptors (Lipinski definition) is 3. The zero-order valence-corrected chi connectivity index (χ0v) is 12.5. The largest absolute Gasteiger partial charge is 0.497 e. The van der Waals surface area contributed by atoms with Gasteiger partial charge in [-0.2, -0.15) is 0 Å². The lowest BCUT2D eigenvalue weighted by molar-refractivity contribution is 0.415. The van der Waals surface area contributed by atoms with Gasteiger partial charge in [0.05, 0.1) is 18.1 Å². The van der Waals surface area contributed by atoms with E-state index in [-0.39, 0.29) is 0 Å². The molecular weight excluding hydrogens is 262 g/mol. The first kappa shape index (κ1) is 13.5. The molecule has 0 atom stereocenters. The van der Waals surface area contributed by atoms with Crippen LogP contribution in [-0.2, 0) is 0 Å². The lowest BCUT2D eigenvalue weighted by Crippen LogP contribution is -2.06. The second-order valence-corrected chi connectivity index (χ2v) is 5.24. The fourth-order valence-corrected chi connectivity index (χ4v) is 2.49. The molecule has 4 nitrogen and oxygen atoms in total. The summed E-state index contributed by atoms with van der Waals surface area (Å²) >= 11 is 0. The molecule has 4 heteroatoms. The van der Waals surface area contributed by atoms with Gasteiger partial charge in [-0.05, 0) is 38.1 Å². The van der Waals surface area contributed by atoms with Crippen LogP contribution in [0.5, 0.6) is 5.75 Å². The standard InChI is InChI=1S/C17H19N3O/c1-12(2)20-16-10-5-4-9-15(16)19-17(20)18-13-7-6-8-14(11-13)21-3/h4-12H,1-3H3,(H,18,19). The van der Waals surface area contributed by atoms with Crippen molar-refractivity contribution in [3.63, 3.8) is 0 Å². The number of nitrogens with zero attached hydrogens (tertiary/aromatic N) is 2. The number of ether oxygens (including phenoxy) is 1. The van der Waals surface area contributed by atoms with Crippen LogP contribution in [0.25, 0.3) is 11.0 Å². The normalized spacial score (nSPS) is 11.0. The Balaban J connectivity index is 2.05. The van der Waals surface area contributed by atoms with Crippen LogP contribution in [0.15, 0.2) is 48.5 Å². The van der Waals surface area contributed by atoms with Gasteiger partial charge in [-0.25, -0.2) is 4.98 Å². The molecule has 0 radical (unpaired) electrons. The van der Waals surface area contributed by atoms with Gasteiger partial charge in [0.25, 0.3) is 0 Å². The molecule has 3 rings (SSSR count). The summed E-state index contributed by atoms with van der Waals surface area (Å²) in [7, 11) is 1.67. The Morgan fingerprint density at radius 2 is 1.90 bits per heavy atom. The molecule has 1 heterocycles. The van der Waals surface area contributed by atoms with Crippen LogP contribution < -0.4 is 10.1 Å². The number of nitrogens with one attached hydrogen (secondary N) is 1. The highest BCUT2D eigenvalue weighted by atomic mass is 16.5. The molecule has 108 valence electrons. The predicted molar refractivity (Wildman–Crippen MR) is 86.4 cm³/mol. The molecule has 0 aliphatic rings. The number of para-hydroxylation sites is 2. The van der Waals surface area contributed by atoms with E-state index in [0.717, 1.165) is 28.4 Å². The first-order valence-electron chi connectivity index (χ1n) is 7.07. The van der Waals surface area contributed by atoms with Gasteiger partial charge in [-0.1, -0.05) is 18.2 Å². The summed E-state index contributed by atoms with van der Waals surface area (Å²) < 4.78 is 7.47. The highest BCUT2D eigenvalue weighted by Crippen LogP contribution is 2.27. The van der Waals surface area contributed by atoms with Crippen LogP contribution in [0.2, 0.25) is 0 Å². The molecule has 0 saturated carbocycles. The topological polar surface area (TPSA) is 39.1 Å². The first-order chi connectivity index (χ1) is 10.2. The van der Waals surface area contributed by atoms with Crippen molar-refractivity contribution < 1.29 is 4.74 Å². The van der Waals surface area contributed by atoms with Crippen molar-refractivity contribution in [2.24, 2.45) is 0 Å². The van der Waals surface area contributed by atoms with Gasteiger partial charge in [-0.15, -0.1) is 0 Å². The quantitative estimate of drug-likeness (QED) is 0.771. The molecule has 0 bridgehead atoms. The zero-order valence-electron chi connectivity index (χ0n) is 12.5. The van der Waals surface area contributed by atoms with E-state index in [1.54, 1.807) is 7.11 Å². The Kier molecular flexibility index (Phi) is 3.52. The third-order valence-electron chi connectivity index (χ3n) is 3.44. The van der Waals surface area contributed by atoms with Crippen molar-refractivity contribution in [2.75, 3.05) is 12.4 Å². The van der Waals surface area contributed by atoms with Crippen molar-refractivity contribution in [1.29, 1.82) is 0 Å². The van der Waals surface area contributed by atoms with E-state index >= 15 is 0 Å². The summed E-state index contributed by atoms with van der Waals surface area (Å²) in [6.45, 7) is 4.32. The Morgan fingerprint density at radius 1 is 1.10 bits per heavy atom. The van der Waals surface area contributed by atoms with Gasteiger partial charge in [0.1, 0.15) is 5.75 Å². The molecule has 21 heavy (non-hydrogen) atoms. The lowest BCUT2D eigenvalue weighted by atomic mass is 10.3. The van der Waals surface area contributed by atoms with Crippen molar-refractivity contribution in [2.45, 2.75) is 19.9 Å². The number of hydrogen-bond donors (Lipinski definition) is 1. The van der Waals surface area contributed by atoms with E-state index in [1.165, 1.54) is 0 Å². The van der Waals surface area contributed by atoms with Crippen molar-refractivity contribution in [1.82, 2.24) is 9.55 Å². The molecular formula is C17H19N3O. The van der Waals surface area contributed by atoms with Crippen LogP contribution in [0.3, 0.4) is 0 Å². The Bertz CT molecular complexity index is 762. The number of anilines is 2. The van der Waals surface area contributed by atoms with E-state index in [9.17, 15) is 0 Å². The van der Waals surface area contributed by atoms with E-state index in [4.69, 9.17) is 9.72 Å². The third-order valence-corrected chi connectivity index (χ3v) is 3.44. The first-order valence-corrected chi connectivity index (χ1v) is 7.07. The SMILES string of the molecule is COc1cccc(Nc2nc3ccccc3n2C(C)C)c1. The minimum Gasteiger partial charge on any atom is -0.497 e. The number of aromatic nitrogens is 2. The fourth-order valence-electron chi connectivity index (χ4n) is 2.49. The smallest absolute Gasteiger partial charge is 0.208 e. The van der Waals surface area contributed by atoms with Crippen LogP contribution in [0, 0.1) is 0 Å². The Labute approximate surface area is 124 Å². The molecule has 0 fully saturated rings. The fraction of sp³-hybridized carbons (Fsp3) is 0.235. The average molecular weight is 281 g/mol. The number of rotatable bonds is 4. The summed E-state index contributed by atoms with van der Waals surface area (Å²) in [6, 6.07) is 16.4. The van der Waals surface area contributed by atoms with Gasteiger partial charge < -0.3 is 14.6 Å². The van der Waals surface area contributed by atoms with Crippen molar-refractivity contribution in [3.05, 3.63) is 48.5 Å². The molecule has 0 unspecified atom stereocenters. The average Bonchev–Trinajstić information content (AvgIpc) is 2.85. The van der Waals surface area contributed by atoms with E-state index in [0.29, 0.717) is 6.04 Å². The van der Waals surface area contributed by atoms with Crippen LogP contribution in [0.1, 0.15) is 19.9 Å². The molecule has 2 aromatic carbocycles. The number of methoxy groups -OCH3 is 1. The van der Waals surface area contributed by atoms with E-state index in [1.807, 2.05) is 42.5 Å². The number of imidazole rings is 1. The maximum absolute atomic E-state index is 5.26. The molecule has 3 aromatic rings. The summed E-state index contributed by atoms with van der Waals surface area (Å²) in [5, 5.41) is 3.39. The lowest BCUT2D eigenvalue weighted by Gasteiger charge is -2.14. The third kappa shape index (κ3) is 2.57. The summed E-state index contributed by atoms with van der Waals surface area (Å²) in [5.74, 6) is 1.67. The van der Waals surface area contributed by atoms with Crippen LogP contribution >= 0.6 is 0 Å². The molecule has 1 aromatic heterocycles. The molecule has 0 aliphatic heterocycles. The van der Waals surface area contributed by atoms with Gasteiger partial charge in [0.2, 0.25) is 5.95 Å². The summed E-state index contributed by atoms with van der Waals surface area (Å²) in [5.41, 5.74) is 3.10. The predicted octanol–water partition coefficient (Wildman–Crippen LogP) is 4.37. The highest BCUT2D eigenvalue weighted by Gasteiger charge is 2.13. The second-order valence-electron chi connectivity index (χ2n) is 5.24. The van der Waals surface area contributed by atoms with Gasteiger partial charge in [0.15, 0.2) is 0 Å².